The van der Waals surface area contributed by atoms with Crippen LogP contribution in [0.2, 0.25) is 0 Å². The van der Waals surface area contributed by atoms with Gasteiger partial charge in [-0.15, -0.1) is 0 Å². The summed E-state index contributed by atoms with van der Waals surface area (Å²) in [4.78, 5) is 27.6. The van der Waals surface area contributed by atoms with Crippen LogP contribution in [0.1, 0.15) is 36.8 Å². The van der Waals surface area contributed by atoms with Crippen LogP contribution in [-0.2, 0) is 16.0 Å². The Morgan fingerprint density at radius 3 is 2.39 bits per heavy atom. The van der Waals surface area contributed by atoms with Gasteiger partial charge in [0.25, 0.3) is 0 Å². The molecule has 10 nitrogen and oxygen atoms in total. The van der Waals surface area contributed by atoms with E-state index < -0.39 is 11.9 Å². The van der Waals surface area contributed by atoms with Gasteiger partial charge in [0.1, 0.15) is 0 Å². The number of aromatic amines is 1. The number of nitriles is 1. The zero-order valence-corrected chi connectivity index (χ0v) is 21.2. The Morgan fingerprint density at radius 1 is 0.947 bits per heavy atom. The van der Waals surface area contributed by atoms with Gasteiger partial charge < -0.3 is 29.6 Å². The molecule has 2 aliphatic heterocycles. The minimum atomic E-state index is -1.08. The molecular formula is C28H32N4O6. The molecule has 0 amide bonds. The number of carbonyl (C=O) groups is 2. The maximum Gasteiger partial charge on any atom is 0.303 e. The zero-order valence-electron chi connectivity index (χ0n) is 21.2. The number of hydrogen-bond donors (Lipinski definition) is 3. The molecule has 0 atom stereocenters. The van der Waals surface area contributed by atoms with Crippen molar-refractivity contribution in [2.75, 3.05) is 44.4 Å². The van der Waals surface area contributed by atoms with Gasteiger partial charge >= 0.3 is 11.9 Å². The lowest BCUT2D eigenvalue weighted by molar-refractivity contribution is -0.143. The van der Waals surface area contributed by atoms with Crippen LogP contribution in [0.15, 0.2) is 42.6 Å². The number of piperazine rings is 1. The average molecular weight is 521 g/mol. The fraction of sp³-hybridized carbons (Fsp3) is 0.393. The molecule has 3 heterocycles. The normalized spacial score (nSPS) is 14.6. The van der Waals surface area contributed by atoms with Crippen molar-refractivity contribution in [3.05, 3.63) is 53.7 Å². The molecule has 0 radical (unpaired) electrons. The number of carboxylic acid groups (broad SMARTS) is 2. The van der Waals surface area contributed by atoms with Crippen LogP contribution in [0.25, 0.3) is 10.9 Å². The minimum absolute atomic E-state index is 0.296. The molecule has 0 aliphatic carbocycles. The first-order valence-corrected chi connectivity index (χ1v) is 12.7. The van der Waals surface area contributed by atoms with Gasteiger partial charge in [-0.25, -0.2) is 0 Å². The summed E-state index contributed by atoms with van der Waals surface area (Å²) in [6.07, 6.45) is 4.90. The van der Waals surface area contributed by atoms with Gasteiger partial charge in [0.15, 0.2) is 11.5 Å². The molecule has 0 spiro atoms. The van der Waals surface area contributed by atoms with E-state index in [0.29, 0.717) is 6.79 Å². The number of H-pyrrole nitrogens is 1. The van der Waals surface area contributed by atoms with Crippen LogP contribution in [-0.4, -0.2) is 71.6 Å². The number of aliphatic carboxylic acids is 2. The molecule has 1 saturated heterocycles. The van der Waals surface area contributed by atoms with Crippen LogP contribution in [0.3, 0.4) is 0 Å². The number of rotatable bonds is 9. The van der Waals surface area contributed by atoms with E-state index in [4.69, 9.17) is 24.9 Å². The molecule has 2 aromatic carbocycles. The first-order chi connectivity index (χ1) is 18.4. The SMILES string of the molecule is N#Cc1ccc2[nH]cc(CCCCN3CCN(c4ccc5c(c4)OCO5)CC3)c2c1.O=C(O)CCC(=O)O. The second-order valence-corrected chi connectivity index (χ2v) is 9.30. The third kappa shape index (κ3) is 7.17. The van der Waals surface area contributed by atoms with Crippen LogP contribution >= 0.6 is 0 Å². The highest BCUT2D eigenvalue weighted by molar-refractivity contribution is 5.84. The summed E-state index contributed by atoms with van der Waals surface area (Å²) in [7, 11) is 0. The van der Waals surface area contributed by atoms with E-state index in [1.165, 1.54) is 23.1 Å². The van der Waals surface area contributed by atoms with Crippen molar-refractivity contribution in [2.45, 2.75) is 32.1 Å². The van der Waals surface area contributed by atoms with Crippen LogP contribution in [0.4, 0.5) is 5.69 Å². The summed E-state index contributed by atoms with van der Waals surface area (Å²) in [5.74, 6) is -0.453. The van der Waals surface area contributed by atoms with Gasteiger partial charge in [-0.2, -0.15) is 5.26 Å². The monoisotopic (exact) mass is 520 g/mol. The highest BCUT2D eigenvalue weighted by Gasteiger charge is 2.20. The maximum absolute atomic E-state index is 9.64. The number of anilines is 1. The number of nitrogens with zero attached hydrogens (tertiary/aromatic N) is 3. The van der Waals surface area contributed by atoms with Crippen LogP contribution < -0.4 is 14.4 Å². The lowest BCUT2D eigenvalue weighted by Gasteiger charge is -2.36. The van der Waals surface area contributed by atoms with E-state index in [-0.39, 0.29) is 12.8 Å². The van der Waals surface area contributed by atoms with Crippen LogP contribution in [0, 0.1) is 11.3 Å². The molecule has 3 aromatic rings. The van der Waals surface area contributed by atoms with Gasteiger partial charge in [0.2, 0.25) is 6.79 Å². The molecule has 200 valence electrons. The molecule has 1 aromatic heterocycles. The van der Waals surface area contributed by atoms with Gasteiger partial charge in [-0.1, -0.05) is 0 Å². The topological polar surface area (TPSA) is 139 Å². The van der Waals surface area contributed by atoms with Crippen molar-refractivity contribution in [1.29, 1.82) is 5.26 Å². The maximum atomic E-state index is 9.64. The Hall–Kier alpha value is -4.23. The number of nitrogens with one attached hydrogen (secondary N) is 1. The molecule has 2 aliphatic rings. The first-order valence-electron chi connectivity index (χ1n) is 12.7. The van der Waals surface area contributed by atoms with E-state index in [0.717, 1.165) is 68.1 Å². The Labute approximate surface area is 221 Å². The standard InChI is InChI=1S/C24H26N4O2.C4H6O4/c25-15-18-4-6-22-21(13-18)19(16-26-22)3-1-2-8-27-9-11-28(12-10-27)20-5-7-23-24(14-20)30-17-29-23;5-3(6)1-2-4(7)8/h4-7,13-14,16,26H,1-3,8-12,17H2;1-2H2,(H,5,6)(H,7,8). The van der Waals surface area contributed by atoms with E-state index in [1.54, 1.807) is 0 Å². The van der Waals surface area contributed by atoms with Crippen LogP contribution in [0.5, 0.6) is 11.5 Å². The third-order valence-electron chi connectivity index (χ3n) is 6.71. The van der Waals surface area contributed by atoms with Gasteiger partial charge in [0.05, 0.1) is 24.5 Å². The summed E-state index contributed by atoms with van der Waals surface area (Å²) >= 11 is 0. The summed E-state index contributed by atoms with van der Waals surface area (Å²) in [5.41, 5.74) is 4.37. The second-order valence-electron chi connectivity index (χ2n) is 9.30. The average Bonchev–Trinajstić information content (AvgIpc) is 3.56. The Bertz CT molecular complexity index is 1290. The lowest BCUT2D eigenvalue weighted by Crippen LogP contribution is -2.46. The highest BCUT2D eigenvalue weighted by atomic mass is 16.7. The molecule has 1 fully saturated rings. The van der Waals surface area contributed by atoms with Gasteiger partial charge in [-0.3, -0.25) is 14.5 Å². The summed E-state index contributed by atoms with van der Waals surface area (Å²) in [6.45, 7) is 5.73. The number of aryl methyl sites for hydroxylation is 1. The predicted octanol–water partition coefficient (Wildman–Crippen LogP) is 3.85. The summed E-state index contributed by atoms with van der Waals surface area (Å²) in [5, 5.41) is 26.1. The molecule has 0 saturated carbocycles. The fourth-order valence-electron chi connectivity index (χ4n) is 4.63. The zero-order chi connectivity index (χ0) is 26.9. The van der Waals surface area contributed by atoms with Crippen molar-refractivity contribution in [1.82, 2.24) is 9.88 Å². The third-order valence-corrected chi connectivity index (χ3v) is 6.71. The van der Waals surface area contributed by atoms with E-state index in [9.17, 15) is 9.59 Å². The number of benzene rings is 2. The number of hydrogen-bond acceptors (Lipinski definition) is 7. The summed E-state index contributed by atoms with van der Waals surface area (Å²) in [6, 6.07) is 14.3. The fourth-order valence-corrected chi connectivity index (χ4v) is 4.63. The van der Waals surface area contributed by atoms with Gasteiger partial charge in [0, 0.05) is 55.0 Å². The quantitative estimate of drug-likeness (QED) is 0.359. The number of carboxylic acids is 2. The molecule has 0 bridgehead atoms. The van der Waals surface area contributed by atoms with E-state index in [1.807, 2.05) is 24.3 Å². The second kappa shape index (κ2) is 12.8. The lowest BCUT2D eigenvalue weighted by atomic mass is 10.1. The predicted molar refractivity (Wildman–Crippen MR) is 142 cm³/mol. The van der Waals surface area contributed by atoms with Gasteiger partial charge in [-0.05, 0) is 61.7 Å². The Kier molecular flexibility index (Phi) is 9.06. The highest BCUT2D eigenvalue weighted by Crippen LogP contribution is 2.35. The smallest absolute Gasteiger partial charge is 0.303 e. The number of unbranched alkanes of at least 4 members (excludes halogenated alkanes) is 1. The van der Waals surface area contributed by atoms with E-state index in [2.05, 4.69) is 39.2 Å². The van der Waals surface area contributed by atoms with Crippen molar-refractivity contribution in [3.8, 4) is 17.6 Å². The van der Waals surface area contributed by atoms with Crippen molar-refractivity contribution in [2.24, 2.45) is 0 Å². The molecule has 3 N–H and O–H groups in total. The molecule has 10 heteroatoms. The van der Waals surface area contributed by atoms with Crippen molar-refractivity contribution < 1.29 is 29.3 Å². The van der Waals surface area contributed by atoms with E-state index >= 15 is 0 Å². The van der Waals surface area contributed by atoms with Crippen molar-refractivity contribution in [3.63, 3.8) is 0 Å². The number of aromatic nitrogens is 1. The van der Waals surface area contributed by atoms with Crippen molar-refractivity contribution >= 4 is 28.5 Å². The number of ether oxygens (including phenoxy) is 2. The molecule has 38 heavy (non-hydrogen) atoms. The largest absolute Gasteiger partial charge is 0.481 e. The number of fused-ring (bicyclic) bond motifs is 2. The first kappa shape index (κ1) is 26.8. The molecular weight excluding hydrogens is 488 g/mol. The Balaban J connectivity index is 0.000000368. The Morgan fingerprint density at radius 2 is 1.68 bits per heavy atom. The molecule has 0 unspecified atom stereocenters. The molecule has 5 rings (SSSR count). The minimum Gasteiger partial charge on any atom is -0.481 e. The summed E-state index contributed by atoms with van der Waals surface area (Å²) < 4.78 is 10.9.